The van der Waals surface area contributed by atoms with Crippen molar-refractivity contribution < 1.29 is 13.2 Å². The van der Waals surface area contributed by atoms with Crippen molar-refractivity contribution in [3.63, 3.8) is 0 Å². The molecule has 1 fully saturated rings. The lowest BCUT2D eigenvalue weighted by molar-refractivity contribution is 0.242. The average Bonchev–Trinajstić information content (AvgIpc) is 2.56. The molecule has 0 saturated carbocycles. The predicted octanol–water partition coefficient (Wildman–Crippen LogP) is 2.80. The molecule has 2 N–H and O–H groups in total. The van der Waals surface area contributed by atoms with Gasteiger partial charge in [0, 0.05) is 4.47 Å². The van der Waals surface area contributed by atoms with Crippen LogP contribution in [0.2, 0.25) is 5.02 Å². The number of hydrogen-bond acceptors (Lipinski definition) is 3. The van der Waals surface area contributed by atoms with Crippen molar-refractivity contribution in [2.24, 2.45) is 0 Å². The summed E-state index contributed by atoms with van der Waals surface area (Å²) in [6.45, 7) is 1.72. The zero-order chi connectivity index (χ0) is 15.0. The molecule has 20 heavy (non-hydrogen) atoms. The molecule has 1 saturated heterocycles. The highest BCUT2D eigenvalue weighted by atomic mass is 79.9. The fourth-order valence-electron chi connectivity index (χ4n) is 2.13. The molecule has 1 atom stereocenters. The van der Waals surface area contributed by atoms with E-state index >= 15 is 0 Å². The number of hydrogen-bond donors (Lipinski definition) is 2. The van der Waals surface area contributed by atoms with E-state index in [4.69, 9.17) is 11.6 Å². The van der Waals surface area contributed by atoms with Gasteiger partial charge in [0.1, 0.15) is 0 Å². The van der Waals surface area contributed by atoms with E-state index in [-0.39, 0.29) is 11.5 Å². The number of urea groups is 1. The summed E-state index contributed by atoms with van der Waals surface area (Å²) in [4.78, 5) is 11.9. The van der Waals surface area contributed by atoms with Crippen molar-refractivity contribution in [1.82, 2.24) is 5.32 Å². The molecule has 1 aliphatic heterocycles. The van der Waals surface area contributed by atoms with E-state index in [2.05, 4.69) is 26.6 Å². The summed E-state index contributed by atoms with van der Waals surface area (Å²) >= 11 is 9.28. The topological polar surface area (TPSA) is 75.3 Å². The number of sulfone groups is 1. The van der Waals surface area contributed by atoms with E-state index in [1.807, 2.05) is 0 Å². The van der Waals surface area contributed by atoms with Gasteiger partial charge in [0.25, 0.3) is 0 Å². The quantitative estimate of drug-likeness (QED) is 0.827. The molecule has 1 aliphatic rings. The normalized spacial score (nSPS) is 24.4. The van der Waals surface area contributed by atoms with E-state index in [0.717, 1.165) is 4.47 Å². The van der Waals surface area contributed by atoms with Crippen LogP contribution in [-0.2, 0) is 9.84 Å². The summed E-state index contributed by atoms with van der Waals surface area (Å²) in [7, 11) is -3.06. The van der Waals surface area contributed by atoms with Crippen LogP contribution in [-0.4, -0.2) is 31.5 Å². The Morgan fingerprint density at radius 3 is 2.70 bits per heavy atom. The number of carbonyl (C=O) groups is 1. The first-order valence-corrected chi connectivity index (χ1v) is 8.93. The molecule has 0 aliphatic carbocycles. The zero-order valence-corrected chi connectivity index (χ0v) is 13.9. The molecule has 0 spiro atoms. The average molecular weight is 382 g/mol. The molecule has 1 aromatic rings. The highest BCUT2D eigenvalue weighted by Crippen LogP contribution is 2.26. The van der Waals surface area contributed by atoms with Gasteiger partial charge in [-0.15, -0.1) is 0 Å². The maximum atomic E-state index is 11.9. The minimum Gasteiger partial charge on any atom is -0.332 e. The third-order valence-corrected chi connectivity index (χ3v) is 5.81. The van der Waals surface area contributed by atoms with Gasteiger partial charge in [0.05, 0.1) is 27.8 Å². The van der Waals surface area contributed by atoms with Crippen molar-refractivity contribution in [2.45, 2.75) is 18.9 Å². The second kappa shape index (κ2) is 5.54. The lowest BCUT2D eigenvalue weighted by Gasteiger charge is -2.24. The number of rotatable bonds is 2. The van der Waals surface area contributed by atoms with Crippen LogP contribution in [0.25, 0.3) is 0 Å². The van der Waals surface area contributed by atoms with Gasteiger partial charge in [0.2, 0.25) is 0 Å². The highest BCUT2D eigenvalue weighted by molar-refractivity contribution is 9.10. The Morgan fingerprint density at radius 2 is 2.15 bits per heavy atom. The fraction of sp³-hybridized carbons (Fsp3) is 0.417. The summed E-state index contributed by atoms with van der Waals surface area (Å²) in [5.74, 6) is 0.0598. The number of carbonyl (C=O) groups excluding carboxylic acids is 1. The molecule has 110 valence electrons. The van der Waals surface area contributed by atoms with Crippen LogP contribution in [0.4, 0.5) is 10.5 Å². The standard InChI is InChI=1S/C12H14BrClN2O3S/c1-12(4-5-20(18,19)7-12)16-11(17)15-10-3-2-8(13)6-9(10)14/h2-3,6H,4-5,7H2,1H3,(H2,15,16,17). The number of halogens is 2. The minimum atomic E-state index is -3.06. The van der Waals surface area contributed by atoms with Gasteiger partial charge in [-0.25, -0.2) is 13.2 Å². The van der Waals surface area contributed by atoms with Gasteiger partial charge in [-0.05, 0) is 31.5 Å². The van der Waals surface area contributed by atoms with Crippen molar-refractivity contribution >= 4 is 49.1 Å². The van der Waals surface area contributed by atoms with Crippen LogP contribution >= 0.6 is 27.5 Å². The lowest BCUT2D eigenvalue weighted by Crippen LogP contribution is -2.48. The molecular formula is C12H14BrClN2O3S. The Balaban J connectivity index is 2.03. The third-order valence-electron chi connectivity index (χ3n) is 3.10. The molecule has 1 aromatic carbocycles. The van der Waals surface area contributed by atoms with Crippen LogP contribution in [0.15, 0.2) is 22.7 Å². The van der Waals surface area contributed by atoms with Gasteiger partial charge in [-0.1, -0.05) is 27.5 Å². The Labute approximate surface area is 131 Å². The number of anilines is 1. The van der Waals surface area contributed by atoms with Crippen LogP contribution in [0.1, 0.15) is 13.3 Å². The largest absolute Gasteiger partial charge is 0.332 e. The van der Waals surface area contributed by atoms with E-state index in [1.165, 1.54) is 0 Å². The molecule has 1 unspecified atom stereocenters. The zero-order valence-electron chi connectivity index (χ0n) is 10.7. The number of benzene rings is 1. The highest BCUT2D eigenvalue weighted by Gasteiger charge is 2.39. The molecule has 5 nitrogen and oxygen atoms in total. The first-order chi connectivity index (χ1) is 9.19. The van der Waals surface area contributed by atoms with Gasteiger partial charge in [-0.2, -0.15) is 0 Å². The second-order valence-electron chi connectivity index (χ2n) is 5.11. The first kappa shape index (κ1) is 15.6. The summed E-state index contributed by atoms with van der Waals surface area (Å²) in [5, 5.41) is 5.72. The predicted molar refractivity (Wildman–Crippen MR) is 83.0 cm³/mol. The maximum Gasteiger partial charge on any atom is 0.319 e. The molecule has 1 heterocycles. The molecule has 0 aromatic heterocycles. The van der Waals surface area contributed by atoms with E-state index in [0.29, 0.717) is 17.1 Å². The SMILES string of the molecule is CC1(NC(=O)Nc2ccc(Br)cc2Cl)CCS(=O)(=O)C1. The van der Waals surface area contributed by atoms with Crippen molar-refractivity contribution in [3.8, 4) is 0 Å². The molecule has 0 bridgehead atoms. The smallest absolute Gasteiger partial charge is 0.319 e. The van der Waals surface area contributed by atoms with E-state index in [1.54, 1.807) is 25.1 Å². The molecule has 0 radical (unpaired) electrons. The van der Waals surface area contributed by atoms with Gasteiger partial charge in [-0.3, -0.25) is 0 Å². The van der Waals surface area contributed by atoms with Crippen molar-refractivity contribution in [1.29, 1.82) is 0 Å². The van der Waals surface area contributed by atoms with Crippen LogP contribution in [0.5, 0.6) is 0 Å². The third kappa shape index (κ3) is 3.86. The summed E-state index contributed by atoms with van der Waals surface area (Å²) < 4.78 is 23.8. The minimum absolute atomic E-state index is 0.0402. The molecule has 2 rings (SSSR count). The van der Waals surface area contributed by atoms with Crippen molar-refractivity contribution in [2.75, 3.05) is 16.8 Å². The van der Waals surface area contributed by atoms with Gasteiger partial charge in [0.15, 0.2) is 9.84 Å². The van der Waals surface area contributed by atoms with Gasteiger partial charge >= 0.3 is 6.03 Å². The van der Waals surface area contributed by atoms with E-state index < -0.39 is 21.4 Å². The Morgan fingerprint density at radius 1 is 1.45 bits per heavy atom. The summed E-state index contributed by atoms with van der Waals surface area (Å²) in [6, 6.07) is 4.62. The first-order valence-electron chi connectivity index (χ1n) is 5.94. The van der Waals surface area contributed by atoms with Crippen LogP contribution in [0, 0.1) is 0 Å². The Kier molecular flexibility index (Phi) is 4.32. The monoisotopic (exact) mass is 380 g/mol. The van der Waals surface area contributed by atoms with Gasteiger partial charge < -0.3 is 10.6 Å². The molecular weight excluding hydrogens is 368 g/mol. The summed E-state index contributed by atoms with van der Waals surface area (Å²) in [5.41, 5.74) is -0.262. The maximum absolute atomic E-state index is 11.9. The Hall–Kier alpha value is -0.790. The molecule has 2 amide bonds. The second-order valence-corrected chi connectivity index (χ2v) is 8.61. The fourth-order valence-corrected chi connectivity index (χ4v) is 4.94. The lowest BCUT2D eigenvalue weighted by atomic mass is 10.0. The number of nitrogens with one attached hydrogen (secondary N) is 2. The van der Waals surface area contributed by atoms with E-state index in [9.17, 15) is 13.2 Å². The number of amides is 2. The molecule has 8 heteroatoms. The Bertz CT molecular complexity index is 650. The van der Waals surface area contributed by atoms with Crippen molar-refractivity contribution in [3.05, 3.63) is 27.7 Å². The summed E-state index contributed by atoms with van der Waals surface area (Å²) in [6.07, 6.45) is 0.414. The van der Waals surface area contributed by atoms with Crippen LogP contribution < -0.4 is 10.6 Å². The van der Waals surface area contributed by atoms with Crippen LogP contribution in [0.3, 0.4) is 0 Å².